The Balaban J connectivity index is 2.99. The fourth-order valence-electron chi connectivity index (χ4n) is 1.08. The molecule has 1 nitrogen and oxygen atoms in total. The van der Waals surface area contributed by atoms with Gasteiger partial charge in [0.15, 0.2) is 5.58 Å². The van der Waals surface area contributed by atoms with Crippen LogP contribution in [0.5, 0.6) is 0 Å². The lowest BCUT2D eigenvalue weighted by Gasteiger charge is -1.96. The predicted octanol–water partition coefficient (Wildman–Crippen LogP) is 4.13. The van der Waals surface area contributed by atoms with Gasteiger partial charge in [0, 0.05) is 6.07 Å². The van der Waals surface area contributed by atoms with Crippen LogP contribution in [0.1, 0.15) is 0 Å². The maximum absolute atomic E-state index is 13.1. The lowest BCUT2D eigenvalue weighted by molar-refractivity contribution is 0.577. The van der Waals surface area contributed by atoms with Crippen molar-refractivity contribution in [3.8, 4) is 0 Å². The molecule has 2 aromatic rings. The zero-order valence-corrected chi connectivity index (χ0v) is 8.42. The van der Waals surface area contributed by atoms with Gasteiger partial charge in [0.1, 0.15) is 22.9 Å². The van der Waals surface area contributed by atoms with Gasteiger partial charge in [-0.2, -0.15) is 0 Å². The van der Waals surface area contributed by atoms with Crippen LogP contribution >= 0.6 is 27.5 Å². The molecule has 13 heavy (non-hydrogen) atoms. The minimum absolute atomic E-state index is 0.0195. The summed E-state index contributed by atoms with van der Waals surface area (Å²) in [5, 5.41) is -0.0477. The van der Waals surface area contributed by atoms with E-state index in [1.807, 2.05) is 0 Å². The summed E-state index contributed by atoms with van der Waals surface area (Å²) < 4.78 is 31.3. The molecule has 0 saturated carbocycles. The maximum Gasteiger partial charge on any atom is 0.159 e. The molecule has 68 valence electrons. The highest BCUT2D eigenvalue weighted by Gasteiger charge is 2.16. The topological polar surface area (TPSA) is 13.1 Å². The molecule has 0 spiro atoms. The Bertz CT molecular complexity index is 480. The summed E-state index contributed by atoms with van der Waals surface area (Å²) >= 11 is 8.62. The van der Waals surface area contributed by atoms with E-state index in [1.165, 1.54) is 6.26 Å². The minimum Gasteiger partial charge on any atom is -0.461 e. The highest BCUT2D eigenvalue weighted by molar-refractivity contribution is 9.10. The van der Waals surface area contributed by atoms with E-state index >= 15 is 0 Å². The highest BCUT2D eigenvalue weighted by atomic mass is 79.9. The van der Waals surface area contributed by atoms with E-state index in [-0.39, 0.29) is 16.0 Å². The van der Waals surface area contributed by atoms with Crippen LogP contribution < -0.4 is 0 Å². The first-order valence-corrected chi connectivity index (χ1v) is 4.48. The molecule has 1 aromatic heterocycles. The number of halogens is 4. The number of hydrogen-bond donors (Lipinski definition) is 0. The van der Waals surface area contributed by atoms with Crippen LogP contribution in [0.15, 0.2) is 21.2 Å². The van der Waals surface area contributed by atoms with Crippen LogP contribution in [0.25, 0.3) is 11.0 Å². The molecule has 1 heterocycles. The summed E-state index contributed by atoms with van der Waals surface area (Å²) in [7, 11) is 0. The normalized spacial score (nSPS) is 11.1. The molecule has 0 saturated heterocycles. The van der Waals surface area contributed by atoms with E-state index in [9.17, 15) is 8.78 Å². The molecule has 0 bridgehead atoms. The predicted molar refractivity (Wildman–Crippen MR) is 48.8 cm³/mol. The van der Waals surface area contributed by atoms with Crippen LogP contribution in [0.4, 0.5) is 8.78 Å². The van der Waals surface area contributed by atoms with Crippen LogP contribution in [0.2, 0.25) is 5.02 Å². The molecule has 0 amide bonds. The van der Waals surface area contributed by atoms with E-state index in [0.717, 1.165) is 6.07 Å². The van der Waals surface area contributed by atoms with E-state index in [0.29, 0.717) is 4.47 Å². The molecule has 0 N–H and O–H groups in total. The highest BCUT2D eigenvalue weighted by Crippen LogP contribution is 2.34. The van der Waals surface area contributed by atoms with E-state index in [2.05, 4.69) is 15.9 Å². The summed E-state index contributed by atoms with van der Waals surface area (Å²) in [6.07, 6.45) is 1.26. The molecule has 0 unspecified atom stereocenters. The number of furan rings is 1. The fourth-order valence-corrected chi connectivity index (χ4v) is 1.73. The first-order chi connectivity index (χ1) is 6.11. The first-order valence-electron chi connectivity index (χ1n) is 3.31. The van der Waals surface area contributed by atoms with Gasteiger partial charge in [0.2, 0.25) is 0 Å². The van der Waals surface area contributed by atoms with Gasteiger partial charge in [-0.1, -0.05) is 11.6 Å². The number of rotatable bonds is 0. The van der Waals surface area contributed by atoms with Gasteiger partial charge in [-0.05, 0) is 15.9 Å². The second-order valence-corrected chi connectivity index (χ2v) is 3.67. The molecule has 0 atom stereocenters. The van der Waals surface area contributed by atoms with Crippen LogP contribution in [-0.4, -0.2) is 0 Å². The maximum atomic E-state index is 13.1. The van der Waals surface area contributed by atoms with Crippen molar-refractivity contribution in [2.75, 3.05) is 0 Å². The molecule has 2 rings (SSSR count). The van der Waals surface area contributed by atoms with Crippen molar-refractivity contribution < 1.29 is 13.2 Å². The van der Waals surface area contributed by atoms with Crippen molar-refractivity contribution in [2.24, 2.45) is 0 Å². The van der Waals surface area contributed by atoms with E-state index < -0.39 is 11.6 Å². The molecule has 0 aliphatic carbocycles. The Morgan fingerprint density at radius 1 is 1.31 bits per heavy atom. The van der Waals surface area contributed by atoms with Crippen molar-refractivity contribution in [2.45, 2.75) is 0 Å². The van der Waals surface area contributed by atoms with Gasteiger partial charge in [0.05, 0.1) is 9.86 Å². The average Bonchev–Trinajstić information content (AvgIpc) is 2.44. The summed E-state index contributed by atoms with van der Waals surface area (Å²) in [5.41, 5.74) is 0.0195. The van der Waals surface area contributed by atoms with Gasteiger partial charge >= 0.3 is 0 Å². The third-order valence-corrected chi connectivity index (χ3v) is 2.58. The average molecular weight is 267 g/mol. The van der Waals surface area contributed by atoms with Gasteiger partial charge < -0.3 is 4.42 Å². The zero-order chi connectivity index (χ0) is 9.59. The van der Waals surface area contributed by atoms with Crippen molar-refractivity contribution in [3.63, 3.8) is 0 Å². The van der Waals surface area contributed by atoms with Gasteiger partial charge in [-0.15, -0.1) is 0 Å². The Labute approximate surface area is 85.4 Å². The number of benzene rings is 1. The standard InChI is InChI=1S/C8H2BrClF2O/c9-3-2-13-8-6(3)4(11)1-5(12)7(8)10/h1-2H. The van der Waals surface area contributed by atoms with Crippen LogP contribution in [-0.2, 0) is 0 Å². The third-order valence-electron chi connectivity index (χ3n) is 1.65. The largest absolute Gasteiger partial charge is 0.461 e. The third kappa shape index (κ3) is 1.25. The van der Waals surface area contributed by atoms with Gasteiger partial charge in [0.25, 0.3) is 0 Å². The molecule has 0 aliphatic rings. The van der Waals surface area contributed by atoms with E-state index in [1.54, 1.807) is 0 Å². The summed E-state index contributed by atoms with van der Waals surface area (Å²) in [6, 6.07) is 0.727. The molecule has 1 aromatic carbocycles. The summed E-state index contributed by atoms with van der Waals surface area (Å²) in [5.74, 6) is -1.52. The second-order valence-electron chi connectivity index (χ2n) is 2.44. The van der Waals surface area contributed by atoms with Crippen molar-refractivity contribution in [3.05, 3.63) is 33.5 Å². The molecule has 5 heteroatoms. The Hall–Kier alpha value is -0.610. The molecular weight excluding hydrogens is 265 g/mol. The molecule has 0 radical (unpaired) electrons. The molecule has 0 fully saturated rings. The van der Waals surface area contributed by atoms with Crippen LogP contribution in [0, 0.1) is 11.6 Å². The minimum atomic E-state index is -0.825. The van der Waals surface area contributed by atoms with Crippen molar-refractivity contribution >= 4 is 38.5 Å². The van der Waals surface area contributed by atoms with Crippen molar-refractivity contribution in [1.29, 1.82) is 0 Å². The molecule has 0 aliphatic heterocycles. The summed E-state index contributed by atoms with van der Waals surface area (Å²) in [6.45, 7) is 0. The first kappa shape index (κ1) is 8.97. The SMILES string of the molecule is Fc1cc(F)c2c(Br)coc2c1Cl. The fraction of sp³-hybridized carbons (Fsp3) is 0. The monoisotopic (exact) mass is 266 g/mol. The van der Waals surface area contributed by atoms with E-state index in [4.69, 9.17) is 16.0 Å². The second kappa shape index (κ2) is 2.96. The number of fused-ring (bicyclic) bond motifs is 1. The lowest BCUT2D eigenvalue weighted by atomic mass is 10.2. The molecular formula is C8H2BrClF2O. The van der Waals surface area contributed by atoms with Crippen molar-refractivity contribution in [1.82, 2.24) is 0 Å². The Morgan fingerprint density at radius 3 is 2.69 bits per heavy atom. The zero-order valence-electron chi connectivity index (χ0n) is 6.07. The Kier molecular flexibility index (Phi) is 2.04. The lowest BCUT2D eigenvalue weighted by Crippen LogP contribution is -1.82. The van der Waals surface area contributed by atoms with Gasteiger partial charge in [-0.3, -0.25) is 0 Å². The Morgan fingerprint density at radius 2 is 2.00 bits per heavy atom. The van der Waals surface area contributed by atoms with Gasteiger partial charge in [-0.25, -0.2) is 8.78 Å². The summed E-state index contributed by atoms with van der Waals surface area (Å²) in [4.78, 5) is 0. The quantitative estimate of drug-likeness (QED) is 0.654. The smallest absolute Gasteiger partial charge is 0.159 e. The van der Waals surface area contributed by atoms with Crippen LogP contribution in [0.3, 0.4) is 0 Å². The number of hydrogen-bond acceptors (Lipinski definition) is 1.